The van der Waals surface area contributed by atoms with Crippen LogP contribution in [0.4, 0.5) is 10.8 Å². The number of aromatic nitrogens is 1. The fraction of sp³-hybridized carbons (Fsp3) is 0.130. The maximum Gasteiger partial charge on any atom is 0.271 e. The van der Waals surface area contributed by atoms with Gasteiger partial charge in [0.05, 0.1) is 12.2 Å². The normalized spacial score (nSPS) is 14.5. The Kier molecular flexibility index (Phi) is 5.36. The number of nitrogens with zero attached hydrogens (tertiary/aromatic N) is 2. The molecule has 3 heterocycles. The number of carbonyl (C=O) groups is 1. The second-order valence-electron chi connectivity index (χ2n) is 7.13. The molecule has 6 nitrogen and oxygen atoms in total. The van der Waals surface area contributed by atoms with Gasteiger partial charge < -0.3 is 20.3 Å². The molecule has 0 atom stereocenters. The van der Waals surface area contributed by atoms with Crippen LogP contribution in [0.3, 0.4) is 0 Å². The fourth-order valence-electron chi connectivity index (χ4n) is 3.46. The molecule has 2 aliphatic heterocycles. The van der Waals surface area contributed by atoms with Gasteiger partial charge in [-0.05, 0) is 42.1 Å². The van der Waals surface area contributed by atoms with Crippen LogP contribution in [0.25, 0.3) is 0 Å². The second-order valence-corrected chi connectivity index (χ2v) is 8.40. The molecule has 0 saturated heterocycles. The molecule has 156 valence electrons. The van der Waals surface area contributed by atoms with Crippen molar-refractivity contribution in [1.82, 2.24) is 15.6 Å². The highest BCUT2D eigenvalue weighted by Gasteiger charge is 2.25. The molecular formula is C23H19ClN4O2S. The van der Waals surface area contributed by atoms with Crippen molar-refractivity contribution in [2.45, 2.75) is 6.54 Å². The number of hydrogen-bond donors (Lipinski definition) is 2. The number of hydrogen-bond acceptors (Lipinski definition) is 6. The summed E-state index contributed by atoms with van der Waals surface area (Å²) in [5, 5.41) is 9.12. The largest absolute Gasteiger partial charge is 0.455 e. The standard InChI is InChI=1S/C23H19ClN4O2S/c24-17-5-6-21-19(11-17)28(13-16-3-1-2-4-20(16)30-21)23-27-18(14-31-23)22(29)26-12-15-7-9-25-10-8-15/h1-9,11,14,25H,10,12-13H2,(H,26,29). The van der Waals surface area contributed by atoms with Gasteiger partial charge in [-0.1, -0.05) is 35.9 Å². The first-order chi connectivity index (χ1) is 15.2. The lowest BCUT2D eigenvalue weighted by Gasteiger charge is -2.21. The zero-order valence-corrected chi connectivity index (χ0v) is 18.0. The van der Waals surface area contributed by atoms with Crippen LogP contribution in [-0.2, 0) is 6.54 Å². The number of nitrogens with one attached hydrogen (secondary N) is 2. The van der Waals surface area contributed by atoms with Gasteiger partial charge in [-0.25, -0.2) is 4.98 Å². The van der Waals surface area contributed by atoms with E-state index in [4.69, 9.17) is 16.3 Å². The van der Waals surface area contributed by atoms with Gasteiger partial charge in [-0.3, -0.25) is 4.79 Å². The third-order valence-corrected chi connectivity index (χ3v) is 6.14. The van der Waals surface area contributed by atoms with Crippen molar-refractivity contribution in [1.29, 1.82) is 0 Å². The molecule has 5 rings (SSSR count). The third kappa shape index (κ3) is 4.15. The molecule has 1 aromatic heterocycles. The van der Waals surface area contributed by atoms with Crippen molar-refractivity contribution >= 4 is 39.7 Å². The number of rotatable bonds is 4. The molecule has 3 aromatic rings. The molecule has 0 radical (unpaired) electrons. The molecule has 0 saturated carbocycles. The number of para-hydroxylation sites is 1. The van der Waals surface area contributed by atoms with Gasteiger partial charge in [0, 0.05) is 29.1 Å². The molecule has 0 aliphatic carbocycles. The van der Waals surface area contributed by atoms with E-state index in [1.807, 2.05) is 59.7 Å². The zero-order valence-electron chi connectivity index (χ0n) is 16.5. The molecule has 31 heavy (non-hydrogen) atoms. The maximum atomic E-state index is 12.7. The minimum absolute atomic E-state index is 0.201. The van der Waals surface area contributed by atoms with Gasteiger partial charge in [0.15, 0.2) is 10.9 Å². The van der Waals surface area contributed by atoms with Crippen LogP contribution in [0.15, 0.2) is 71.8 Å². The van der Waals surface area contributed by atoms with E-state index in [0.29, 0.717) is 34.7 Å². The molecule has 0 bridgehead atoms. The van der Waals surface area contributed by atoms with Crippen LogP contribution < -0.4 is 20.3 Å². The Morgan fingerprint density at radius 1 is 1.26 bits per heavy atom. The average Bonchev–Trinajstić information content (AvgIpc) is 3.23. The quantitative estimate of drug-likeness (QED) is 0.584. The van der Waals surface area contributed by atoms with Gasteiger partial charge in [0.25, 0.3) is 5.91 Å². The van der Waals surface area contributed by atoms with Crippen LogP contribution in [0.2, 0.25) is 5.02 Å². The highest BCUT2D eigenvalue weighted by molar-refractivity contribution is 7.14. The molecule has 2 aromatic carbocycles. The summed E-state index contributed by atoms with van der Waals surface area (Å²) in [4.78, 5) is 19.3. The van der Waals surface area contributed by atoms with Gasteiger partial charge in [0.1, 0.15) is 11.4 Å². The first kappa shape index (κ1) is 19.7. The summed E-state index contributed by atoms with van der Waals surface area (Å²) in [7, 11) is 0. The Hall–Kier alpha value is -3.29. The van der Waals surface area contributed by atoms with E-state index >= 15 is 0 Å². The van der Waals surface area contributed by atoms with Crippen molar-refractivity contribution in [2.75, 3.05) is 18.0 Å². The number of dihydropyridines is 1. The van der Waals surface area contributed by atoms with Crippen molar-refractivity contribution < 1.29 is 9.53 Å². The minimum atomic E-state index is -0.201. The lowest BCUT2D eigenvalue weighted by Crippen LogP contribution is -2.27. The Bertz CT molecular complexity index is 1200. The van der Waals surface area contributed by atoms with Crippen LogP contribution >= 0.6 is 22.9 Å². The molecule has 2 N–H and O–H groups in total. The SMILES string of the molecule is O=C(NCC1=CCNC=C1)c1csc(N2Cc3ccccc3Oc3ccc(Cl)cc32)n1. The Balaban J connectivity index is 1.42. The average molecular weight is 451 g/mol. The number of carbonyl (C=O) groups excluding carboxylic acids is 1. The van der Waals surface area contributed by atoms with Crippen LogP contribution in [0, 0.1) is 0 Å². The molecule has 0 spiro atoms. The van der Waals surface area contributed by atoms with E-state index in [-0.39, 0.29) is 5.91 Å². The Morgan fingerprint density at radius 2 is 2.16 bits per heavy atom. The monoisotopic (exact) mass is 450 g/mol. The molecule has 0 unspecified atom stereocenters. The maximum absolute atomic E-state index is 12.7. The molecular weight excluding hydrogens is 432 g/mol. The third-order valence-electron chi connectivity index (χ3n) is 5.04. The summed E-state index contributed by atoms with van der Waals surface area (Å²) in [6.07, 6.45) is 5.87. The number of ether oxygens (including phenoxy) is 1. The van der Waals surface area contributed by atoms with Crippen LogP contribution in [-0.4, -0.2) is 24.0 Å². The van der Waals surface area contributed by atoms with Gasteiger partial charge in [-0.15, -0.1) is 11.3 Å². The zero-order chi connectivity index (χ0) is 21.2. The molecule has 1 amide bonds. The lowest BCUT2D eigenvalue weighted by molar-refractivity contribution is 0.0953. The number of fused-ring (bicyclic) bond motifs is 2. The summed E-state index contributed by atoms with van der Waals surface area (Å²) in [5.41, 5.74) is 3.30. The van der Waals surface area contributed by atoms with Crippen molar-refractivity contribution in [3.05, 3.63) is 88.0 Å². The number of benzene rings is 2. The summed E-state index contributed by atoms with van der Waals surface area (Å²) in [6, 6.07) is 13.4. The predicted molar refractivity (Wildman–Crippen MR) is 123 cm³/mol. The first-order valence-electron chi connectivity index (χ1n) is 9.83. The van der Waals surface area contributed by atoms with E-state index < -0.39 is 0 Å². The number of thiazole rings is 1. The highest BCUT2D eigenvalue weighted by atomic mass is 35.5. The van der Waals surface area contributed by atoms with Gasteiger partial charge in [-0.2, -0.15) is 0 Å². The topological polar surface area (TPSA) is 66.5 Å². The van der Waals surface area contributed by atoms with Gasteiger partial charge >= 0.3 is 0 Å². The smallest absolute Gasteiger partial charge is 0.271 e. The van der Waals surface area contributed by atoms with E-state index in [0.717, 1.165) is 29.1 Å². The summed E-state index contributed by atoms with van der Waals surface area (Å²) in [6.45, 7) is 1.79. The van der Waals surface area contributed by atoms with E-state index in [2.05, 4.69) is 15.6 Å². The van der Waals surface area contributed by atoms with Crippen LogP contribution in [0.5, 0.6) is 11.5 Å². The van der Waals surface area contributed by atoms with Crippen LogP contribution in [0.1, 0.15) is 16.1 Å². The lowest BCUT2D eigenvalue weighted by atomic mass is 10.2. The van der Waals surface area contributed by atoms with E-state index in [1.54, 1.807) is 11.4 Å². The number of amides is 1. The van der Waals surface area contributed by atoms with Gasteiger partial charge in [0.2, 0.25) is 0 Å². The second kappa shape index (κ2) is 8.45. The van der Waals surface area contributed by atoms with Crippen molar-refractivity contribution in [3.63, 3.8) is 0 Å². The summed E-state index contributed by atoms with van der Waals surface area (Å²) in [5.74, 6) is 1.29. The Morgan fingerprint density at radius 3 is 3.03 bits per heavy atom. The fourth-order valence-corrected chi connectivity index (χ4v) is 4.44. The Labute approximate surface area is 188 Å². The van der Waals surface area contributed by atoms with Crippen molar-refractivity contribution in [3.8, 4) is 11.5 Å². The summed E-state index contributed by atoms with van der Waals surface area (Å²) >= 11 is 7.70. The van der Waals surface area contributed by atoms with E-state index in [1.165, 1.54) is 11.3 Å². The predicted octanol–water partition coefficient (Wildman–Crippen LogP) is 5.01. The molecule has 8 heteroatoms. The summed E-state index contributed by atoms with van der Waals surface area (Å²) < 4.78 is 6.15. The van der Waals surface area contributed by atoms with Crippen molar-refractivity contribution in [2.24, 2.45) is 0 Å². The molecule has 0 fully saturated rings. The number of halogens is 1. The number of anilines is 2. The highest BCUT2D eigenvalue weighted by Crippen LogP contribution is 2.44. The molecule has 2 aliphatic rings. The minimum Gasteiger partial charge on any atom is -0.455 e. The first-order valence-corrected chi connectivity index (χ1v) is 11.1. The van der Waals surface area contributed by atoms with E-state index in [9.17, 15) is 4.79 Å².